The lowest BCUT2D eigenvalue weighted by Gasteiger charge is -2.22. The molecular formula is C44H29N3O. The Morgan fingerprint density at radius 1 is 0.542 bits per heavy atom. The van der Waals surface area contributed by atoms with Crippen molar-refractivity contribution in [1.29, 1.82) is 5.26 Å². The standard InChI is InChI=1S/C44H29N3O/c1-44(2)36-23-27(25-45)19-21-29(36)30-22-20-28(24-37(30)44)35-26-48-43(47-40-17-9-5-13-33(40)34-14-6-10-18-41(34)47)42(35)46-38-15-7-3-11-31(38)32-12-4-8-16-39(32)46/h3-24,26H,1-2H3. The van der Waals surface area contributed by atoms with E-state index in [1.165, 1.54) is 43.8 Å². The van der Waals surface area contributed by atoms with Gasteiger partial charge in [0.15, 0.2) is 0 Å². The highest BCUT2D eigenvalue weighted by atomic mass is 16.3. The van der Waals surface area contributed by atoms with E-state index in [1.54, 1.807) is 0 Å². The molecule has 0 amide bonds. The lowest BCUT2D eigenvalue weighted by atomic mass is 9.81. The Balaban J connectivity index is 1.31. The van der Waals surface area contributed by atoms with E-state index in [-0.39, 0.29) is 5.41 Å². The summed E-state index contributed by atoms with van der Waals surface area (Å²) >= 11 is 0. The first-order chi connectivity index (χ1) is 23.5. The van der Waals surface area contributed by atoms with Gasteiger partial charge in [-0.1, -0.05) is 105 Å². The number of benzene rings is 6. The lowest BCUT2D eigenvalue weighted by molar-refractivity contribution is 0.545. The maximum Gasteiger partial charge on any atom is 0.229 e. The largest absolute Gasteiger partial charge is 0.445 e. The summed E-state index contributed by atoms with van der Waals surface area (Å²) in [5, 5.41) is 14.4. The van der Waals surface area contributed by atoms with Gasteiger partial charge in [-0.2, -0.15) is 5.26 Å². The van der Waals surface area contributed by atoms with Gasteiger partial charge in [-0.05, 0) is 70.3 Å². The fourth-order valence-electron chi connectivity index (χ4n) is 8.20. The van der Waals surface area contributed by atoms with Crippen molar-refractivity contribution in [3.8, 4) is 39.9 Å². The molecule has 3 heterocycles. The molecule has 6 aromatic carbocycles. The summed E-state index contributed by atoms with van der Waals surface area (Å²) in [6.45, 7) is 4.52. The third-order valence-corrected chi connectivity index (χ3v) is 10.4. The molecule has 0 aliphatic heterocycles. The minimum atomic E-state index is -0.264. The average Bonchev–Trinajstić information content (AvgIpc) is 3.85. The molecule has 0 radical (unpaired) electrons. The molecule has 4 heteroatoms. The highest BCUT2D eigenvalue weighted by Crippen LogP contribution is 2.51. The summed E-state index contributed by atoms with van der Waals surface area (Å²) in [5.41, 5.74) is 12.8. The van der Waals surface area contributed by atoms with E-state index in [4.69, 9.17) is 4.42 Å². The van der Waals surface area contributed by atoms with E-state index in [2.05, 4.69) is 156 Å². The zero-order valence-electron chi connectivity index (χ0n) is 26.5. The molecule has 0 fully saturated rings. The molecule has 0 N–H and O–H groups in total. The first-order valence-corrected chi connectivity index (χ1v) is 16.3. The first kappa shape index (κ1) is 26.9. The third kappa shape index (κ3) is 3.48. The van der Waals surface area contributed by atoms with Crippen LogP contribution < -0.4 is 0 Å². The van der Waals surface area contributed by atoms with Crippen LogP contribution in [0.15, 0.2) is 144 Å². The van der Waals surface area contributed by atoms with Crippen molar-refractivity contribution < 1.29 is 4.42 Å². The summed E-state index contributed by atoms with van der Waals surface area (Å²) in [4.78, 5) is 0. The van der Waals surface area contributed by atoms with Crippen LogP contribution in [0.25, 0.3) is 77.4 Å². The van der Waals surface area contributed by atoms with E-state index >= 15 is 0 Å². The number of fused-ring (bicyclic) bond motifs is 9. The average molecular weight is 616 g/mol. The molecule has 0 spiro atoms. The molecule has 1 aliphatic carbocycles. The molecule has 0 bridgehead atoms. The second kappa shape index (κ2) is 9.61. The molecule has 4 nitrogen and oxygen atoms in total. The summed E-state index contributed by atoms with van der Waals surface area (Å²) in [7, 11) is 0. The van der Waals surface area contributed by atoms with Gasteiger partial charge < -0.3 is 8.98 Å². The molecule has 0 saturated carbocycles. The zero-order valence-corrected chi connectivity index (χ0v) is 26.5. The summed E-state index contributed by atoms with van der Waals surface area (Å²) in [6, 6.07) is 49.6. The molecule has 0 saturated heterocycles. The molecule has 48 heavy (non-hydrogen) atoms. The van der Waals surface area contributed by atoms with Gasteiger partial charge in [0.1, 0.15) is 12.0 Å². The Hall–Kier alpha value is -6.31. The number of rotatable bonds is 3. The Morgan fingerprint density at radius 2 is 1.02 bits per heavy atom. The minimum absolute atomic E-state index is 0.264. The van der Waals surface area contributed by atoms with Crippen LogP contribution in [-0.4, -0.2) is 9.13 Å². The molecular weight excluding hydrogens is 587 g/mol. The van der Waals surface area contributed by atoms with Crippen LogP contribution >= 0.6 is 0 Å². The maximum absolute atomic E-state index is 9.67. The van der Waals surface area contributed by atoms with Crippen molar-refractivity contribution in [1.82, 2.24) is 9.13 Å². The van der Waals surface area contributed by atoms with Gasteiger partial charge >= 0.3 is 0 Å². The minimum Gasteiger partial charge on any atom is -0.445 e. The summed E-state index contributed by atoms with van der Waals surface area (Å²) < 4.78 is 11.5. The lowest BCUT2D eigenvalue weighted by Crippen LogP contribution is -2.15. The maximum atomic E-state index is 9.67. The van der Waals surface area contributed by atoms with Crippen LogP contribution in [0, 0.1) is 11.3 Å². The van der Waals surface area contributed by atoms with Gasteiger partial charge in [-0.25, -0.2) is 0 Å². The van der Waals surface area contributed by atoms with Crippen LogP contribution in [0.5, 0.6) is 0 Å². The van der Waals surface area contributed by atoms with Crippen LogP contribution in [0.1, 0.15) is 30.5 Å². The zero-order chi connectivity index (χ0) is 32.1. The molecule has 1 aliphatic rings. The number of nitrogens with zero attached hydrogens (tertiary/aromatic N) is 3. The topological polar surface area (TPSA) is 46.8 Å². The molecule has 9 aromatic rings. The van der Waals surface area contributed by atoms with Crippen molar-refractivity contribution in [3.05, 3.63) is 156 Å². The van der Waals surface area contributed by atoms with E-state index in [0.717, 1.165) is 44.8 Å². The number of aromatic nitrogens is 2. The van der Waals surface area contributed by atoms with Crippen LogP contribution in [0.3, 0.4) is 0 Å². The summed E-state index contributed by atoms with van der Waals surface area (Å²) in [5.74, 6) is 0.774. The van der Waals surface area contributed by atoms with E-state index in [9.17, 15) is 5.26 Å². The highest BCUT2D eigenvalue weighted by Gasteiger charge is 2.36. The van der Waals surface area contributed by atoms with Crippen molar-refractivity contribution in [3.63, 3.8) is 0 Å². The number of hydrogen-bond donors (Lipinski definition) is 0. The predicted octanol–water partition coefficient (Wildman–Crippen LogP) is 11.3. The normalized spacial score (nSPS) is 13.4. The third-order valence-electron chi connectivity index (χ3n) is 10.4. The van der Waals surface area contributed by atoms with E-state index in [1.807, 2.05) is 12.3 Å². The highest BCUT2D eigenvalue weighted by molar-refractivity contribution is 6.12. The van der Waals surface area contributed by atoms with Gasteiger partial charge in [-0.15, -0.1) is 0 Å². The summed E-state index contributed by atoms with van der Waals surface area (Å²) in [6.07, 6.45) is 1.93. The quantitative estimate of drug-likeness (QED) is 0.198. The van der Waals surface area contributed by atoms with Gasteiger partial charge in [0, 0.05) is 32.5 Å². The number of nitriles is 1. The second-order valence-corrected chi connectivity index (χ2v) is 13.3. The number of para-hydroxylation sites is 4. The van der Waals surface area contributed by atoms with E-state index in [0.29, 0.717) is 5.56 Å². The monoisotopic (exact) mass is 615 g/mol. The first-order valence-electron chi connectivity index (χ1n) is 16.3. The second-order valence-electron chi connectivity index (χ2n) is 13.3. The Kier molecular flexibility index (Phi) is 5.38. The van der Waals surface area contributed by atoms with Gasteiger partial charge in [0.25, 0.3) is 0 Å². The molecule has 0 unspecified atom stereocenters. The van der Waals surface area contributed by atoms with Crippen molar-refractivity contribution in [2.24, 2.45) is 0 Å². The van der Waals surface area contributed by atoms with Crippen LogP contribution in [0.2, 0.25) is 0 Å². The molecule has 3 aromatic heterocycles. The van der Waals surface area contributed by atoms with Gasteiger partial charge in [0.2, 0.25) is 5.88 Å². The fraction of sp³-hybridized carbons (Fsp3) is 0.0682. The van der Waals surface area contributed by atoms with Crippen molar-refractivity contribution in [2.75, 3.05) is 0 Å². The van der Waals surface area contributed by atoms with Crippen molar-refractivity contribution in [2.45, 2.75) is 19.3 Å². The fourth-order valence-corrected chi connectivity index (χ4v) is 8.20. The smallest absolute Gasteiger partial charge is 0.229 e. The predicted molar refractivity (Wildman–Crippen MR) is 195 cm³/mol. The molecule has 10 rings (SSSR count). The molecule has 0 atom stereocenters. The number of furan rings is 1. The SMILES string of the molecule is CC1(C)c2cc(C#N)ccc2-c2ccc(-c3coc(-n4c5ccccc5c5ccccc54)c3-n3c4ccccc4c4ccccc43)cc21. The Labute approximate surface area is 277 Å². The van der Waals surface area contributed by atoms with E-state index < -0.39 is 0 Å². The van der Waals surface area contributed by atoms with Gasteiger partial charge in [-0.3, -0.25) is 4.57 Å². The Bertz CT molecular complexity index is 2730. The van der Waals surface area contributed by atoms with Crippen LogP contribution in [-0.2, 0) is 5.41 Å². The van der Waals surface area contributed by atoms with Gasteiger partial charge in [0.05, 0.1) is 33.7 Å². The molecule has 226 valence electrons. The van der Waals surface area contributed by atoms with Crippen molar-refractivity contribution >= 4 is 43.6 Å². The Morgan fingerprint density at radius 3 is 1.56 bits per heavy atom. The number of hydrogen-bond acceptors (Lipinski definition) is 2. The van der Waals surface area contributed by atoms with Crippen LogP contribution in [0.4, 0.5) is 0 Å².